The van der Waals surface area contributed by atoms with Crippen LogP contribution in [0.4, 0.5) is 8.78 Å². The molecule has 1 N–H and O–H groups in total. The van der Waals surface area contributed by atoms with Crippen molar-refractivity contribution in [1.82, 2.24) is 5.32 Å². The smallest absolute Gasteiger partial charge is 0.126 e. The molecule has 0 saturated carbocycles. The van der Waals surface area contributed by atoms with Gasteiger partial charge in [-0.2, -0.15) is 0 Å². The SMILES string of the molecule is CCNC(Cc1cccc(OC)c1)c1cc(F)cc(F)c1. The van der Waals surface area contributed by atoms with Crippen molar-refractivity contribution in [3.8, 4) is 5.75 Å². The van der Waals surface area contributed by atoms with Gasteiger partial charge < -0.3 is 10.1 Å². The lowest BCUT2D eigenvalue weighted by atomic mass is 9.98. The van der Waals surface area contributed by atoms with Crippen molar-refractivity contribution >= 4 is 0 Å². The van der Waals surface area contributed by atoms with Crippen molar-refractivity contribution in [2.75, 3.05) is 13.7 Å². The molecule has 0 radical (unpaired) electrons. The molecule has 2 nitrogen and oxygen atoms in total. The molecule has 0 aliphatic heterocycles. The summed E-state index contributed by atoms with van der Waals surface area (Å²) >= 11 is 0. The van der Waals surface area contributed by atoms with Gasteiger partial charge in [-0.1, -0.05) is 19.1 Å². The average molecular weight is 291 g/mol. The molecule has 0 spiro atoms. The largest absolute Gasteiger partial charge is 0.497 e. The number of nitrogens with one attached hydrogen (secondary N) is 1. The predicted octanol–water partition coefficient (Wildman–Crippen LogP) is 3.87. The zero-order valence-corrected chi connectivity index (χ0v) is 12.2. The number of methoxy groups -OCH3 is 1. The van der Waals surface area contributed by atoms with Gasteiger partial charge in [-0.15, -0.1) is 0 Å². The number of hydrogen-bond donors (Lipinski definition) is 1. The van der Waals surface area contributed by atoms with Crippen molar-refractivity contribution in [1.29, 1.82) is 0 Å². The molecule has 0 heterocycles. The fourth-order valence-corrected chi connectivity index (χ4v) is 2.37. The first-order valence-electron chi connectivity index (χ1n) is 6.94. The number of rotatable bonds is 6. The van der Waals surface area contributed by atoms with E-state index < -0.39 is 11.6 Å². The Morgan fingerprint density at radius 1 is 1.10 bits per heavy atom. The number of halogens is 2. The molecule has 112 valence electrons. The van der Waals surface area contributed by atoms with E-state index in [-0.39, 0.29) is 6.04 Å². The summed E-state index contributed by atoms with van der Waals surface area (Å²) in [5.74, 6) is -0.342. The highest BCUT2D eigenvalue weighted by molar-refractivity contribution is 5.31. The number of benzene rings is 2. The third-order valence-electron chi connectivity index (χ3n) is 3.31. The molecule has 0 saturated heterocycles. The molecule has 4 heteroatoms. The summed E-state index contributed by atoms with van der Waals surface area (Å²) in [4.78, 5) is 0. The molecule has 1 atom stereocenters. The number of likely N-dealkylation sites (N-methyl/N-ethyl adjacent to an activating group) is 1. The van der Waals surface area contributed by atoms with Crippen molar-refractivity contribution in [3.05, 3.63) is 65.2 Å². The van der Waals surface area contributed by atoms with E-state index in [0.717, 1.165) is 17.4 Å². The van der Waals surface area contributed by atoms with Crippen LogP contribution in [0.15, 0.2) is 42.5 Å². The topological polar surface area (TPSA) is 21.3 Å². The Hall–Kier alpha value is -1.94. The summed E-state index contributed by atoms with van der Waals surface area (Å²) in [6, 6.07) is 11.2. The maximum Gasteiger partial charge on any atom is 0.126 e. The van der Waals surface area contributed by atoms with Gasteiger partial charge in [0, 0.05) is 12.1 Å². The van der Waals surface area contributed by atoms with E-state index in [1.807, 2.05) is 31.2 Å². The lowest BCUT2D eigenvalue weighted by Crippen LogP contribution is -2.23. The van der Waals surface area contributed by atoms with Gasteiger partial charge in [0.25, 0.3) is 0 Å². The molecule has 0 aliphatic carbocycles. The molecule has 21 heavy (non-hydrogen) atoms. The Labute approximate surface area is 123 Å². The minimum Gasteiger partial charge on any atom is -0.497 e. The van der Waals surface area contributed by atoms with Gasteiger partial charge in [0.2, 0.25) is 0 Å². The fourth-order valence-electron chi connectivity index (χ4n) is 2.37. The summed E-state index contributed by atoms with van der Waals surface area (Å²) in [5.41, 5.74) is 1.65. The van der Waals surface area contributed by atoms with Gasteiger partial charge in [-0.3, -0.25) is 0 Å². The zero-order valence-electron chi connectivity index (χ0n) is 12.2. The average Bonchev–Trinajstić information content (AvgIpc) is 2.46. The summed E-state index contributed by atoms with van der Waals surface area (Å²) in [5, 5.41) is 3.27. The lowest BCUT2D eigenvalue weighted by Gasteiger charge is -2.19. The molecule has 0 amide bonds. The first-order chi connectivity index (χ1) is 10.1. The number of ether oxygens (including phenoxy) is 1. The van der Waals surface area contributed by atoms with Crippen LogP contribution in [0.2, 0.25) is 0 Å². The molecule has 0 aromatic heterocycles. The minimum atomic E-state index is -0.557. The van der Waals surface area contributed by atoms with Crippen LogP contribution < -0.4 is 10.1 Å². The van der Waals surface area contributed by atoms with Crippen LogP contribution in [0.5, 0.6) is 5.75 Å². The van der Waals surface area contributed by atoms with Gasteiger partial charge >= 0.3 is 0 Å². The van der Waals surface area contributed by atoms with E-state index in [1.165, 1.54) is 12.1 Å². The van der Waals surface area contributed by atoms with Crippen molar-refractivity contribution in [3.63, 3.8) is 0 Å². The van der Waals surface area contributed by atoms with Crippen molar-refractivity contribution in [2.45, 2.75) is 19.4 Å². The van der Waals surface area contributed by atoms with Gasteiger partial charge in [0.15, 0.2) is 0 Å². The van der Waals surface area contributed by atoms with E-state index in [1.54, 1.807) is 7.11 Å². The monoisotopic (exact) mass is 291 g/mol. The summed E-state index contributed by atoms with van der Waals surface area (Å²) in [6.45, 7) is 2.68. The van der Waals surface area contributed by atoms with Crippen LogP contribution in [0.25, 0.3) is 0 Å². The first-order valence-corrected chi connectivity index (χ1v) is 6.94. The highest BCUT2D eigenvalue weighted by atomic mass is 19.1. The molecule has 1 unspecified atom stereocenters. The normalized spacial score (nSPS) is 12.2. The van der Waals surface area contributed by atoms with Gasteiger partial charge in [0.05, 0.1) is 7.11 Å². The predicted molar refractivity (Wildman–Crippen MR) is 79.5 cm³/mol. The van der Waals surface area contributed by atoms with E-state index >= 15 is 0 Å². The fraction of sp³-hybridized carbons (Fsp3) is 0.294. The summed E-state index contributed by atoms with van der Waals surface area (Å²) in [6.07, 6.45) is 0.633. The van der Waals surface area contributed by atoms with Crippen LogP contribution >= 0.6 is 0 Å². The van der Waals surface area contributed by atoms with Crippen LogP contribution in [-0.2, 0) is 6.42 Å². The van der Waals surface area contributed by atoms with Crippen molar-refractivity contribution < 1.29 is 13.5 Å². The van der Waals surface area contributed by atoms with E-state index in [0.29, 0.717) is 18.5 Å². The molecule has 2 aromatic rings. The third kappa shape index (κ3) is 4.26. The molecular weight excluding hydrogens is 272 g/mol. The molecule has 0 bridgehead atoms. The van der Waals surface area contributed by atoms with Gasteiger partial charge in [-0.05, 0) is 48.4 Å². The molecular formula is C17H19F2NO. The Bertz CT molecular complexity index is 581. The standard InChI is InChI=1S/C17H19F2NO/c1-3-20-17(13-9-14(18)11-15(19)10-13)8-12-5-4-6-16(7-12)21-2/h4-7,9-11,17,20H,3,8H2,1-2H3. The van der Waals surface area contributed by atoms with E-state index in [2.05, 4.69) is 5.32 Å². The van der Waals surface area contributed by atoms with E-state index in [4.69, 9.17) is 4.74 Å². The van der Waals surface area contributed by atoms with Crippen LogP contribution in [0.3, 0.4) is 0 Å². The Kier molecular flexibility index (Phi) is 5.28. The van der Waals surface area contributed by atoms with Crippen molar-refractivity contribution in [2.24, 2.45) is 0 Å². The quantitative estimate of drug-likeness (QED) is 0.872. The molecule has 2 aromatic carbocycles. The second-order valence-corrected chi connectivity index (χ2v) is 4.87. The molecule has 0 fully saturated rings. The molecule has 2 rings (SSSR count). The lowest BCUT2D eigenvalue weighted by molar-refractivity contribution is 0.414. The Morgan fingerprint density at radius 2 is 1.81 bits per heavy atom. The van der Waals surface area contributed by atoms with E-state index in [9.17, 15) is 8.78 Å². The maximum absolute atomic E-state index is 13.4. The van der Waals surface area contributed by atoms with Crippen LogP contribution in [0, 0.1) is 11.6 Å². The Morgan fingerprint density at radius 3 is 2.43 bits per heavy atom. The zero-order chi connectivity index (χ0) is 15.2. The maximum atomic E-state index is 13.4. The number of hydrogen-bond acceptors (Lipinski definition) is 2. The second-order valence-electron chi connectivity index (χ2n) is 4.87. The first kappa shape index (κ1) is 15.4. The van der Waals surface area contributed by atoms with Gasteiger partial charge in [0.1, 0.15) is 17.4 Å². The second kappa shape index (κ2) is 7.18. The van der Waals surface area contributed by atoms with Crippen LogP contribution in [0.1, 0.15) is 24.1 Å². The molecule has 0 aliphatic rings. The van der Waals surface area contributed by atoms with Gasteiger partial charge in [-0.25, -0.2) is 8.78 Å². The van der Waals surface area contributed by atoms with Crippen LogP contribution in [-0.4, -0.2) is 13.7 Å². The Balaban J connectivity index is 2.25. The summed E-state index contributed by atoms with van der Waals surface area (Å²) in [7, 11) is 1.61. The highest BCUT2D eigenvalue weighted by Crippen LogP contribution is 2.22. The minimum absolute atomic E-state index is 0.146. The highest BCUT2D eigenvalue weighted by Gasteiger charge is 2.14. The summed E-state index contributed by atoms with van der Waals surface area (Å²) < 4.78 is 32.0. The third-order valence-corrected chi connectivity index (χ3v) is 3.31.